The number of anilines is 4. The molecule has 13 rings (SSSR count). The van der Waals surface area contributed by atoms with Gasteiger partial charge in [0.05, 0.1) is 16.5 Å². The Hall–Kier alpha value is -6.64. The standard InChI is InChI=1S/C73H76N2/c1-65(2)45-67(5,6)71(11)61-43-51(35-39-63(61)74(69(71,9)47-65)55-29-21-15-22-30-55)49-33-37-59-57(41-49)58-42-50(34-38-60(58)73(59,53-25-17-13-18-26-53)54-27-19-14-20-28-54)52-36-40-64-62(44-52)72(12)68(7,8)46-66(3,4)48-70(72,10)75(64)56-31-23-16-24-32-56/h13-44H,45-48H2,1-12H3. The Morgan fingerprint density at radius 1 is 0.307 bits per heavy atom. The molecule has 0 radical (unpaired) electrons. The van der Waals surface area contributed by atoms with Gasteiger partial charge in [-0.1, -0.05) is 203 Å². The molecule has 75 heavy (non-hydrogen) atoms. The van der Waals surface area contributed by atoms with E-state index in [0.29, 0.717) is 0 Å². The highest BCUT2D eigenvalue weighted by molar-refractivity contribution is 5.92. The van der Waals surface area contributed by atoms with Crippen molar-refractivity contribution in [2.45, 2.75) is 136 Å². The summed E-state index contributed by atoms with van der Waals surface area (Å²) in [6, 6.07) is 74.8. The Morgan fingerprint density at radius 2 is 0.627 bits per heavy atom. The van der Waals surface area contributed by atoms with Gasteiger partial charge >= 0.3 is 0 Å². The van der Waals surface area contributed by atoms with Gasteiger partial charge in [-0.3, -0.25) is 0 Å². The van der Waals surface area contributed by atoms with Crippen LogP contribution in [-0.2, 0) is 16.2 Å². The van der Waals surface area contributed by atoms with Crippen LogP contribution in [0.2, 0.25) is 0 Å². The van der Waals surface area contributed by atoms with Crippen LogP contribution in [-0.4, -0.2) is 11.1 Å². The zero-order valence-electron chi connectivity index (χ0n) is 46.7. The van der Waals surface area contributed by atoms with Crippen molar-refractivity contribution < 1.29 is 0 Å². The zero-order valence-corrected chi connectivity index (χ0v) is 46.7. The van der Waals surface area contributed by atoms with Crippen molar-refractivity contribution >= 4 is 22.7 Å². The minimum atomic E-state index is -0.505. The van der Waals surface area contributed by atoms with E-state index in [2.05, 4.69) is 287 Å². The van der Waals surface area contributed by atoms with Gasteiger partial charge in [0, 0.05) is 33.6 Å². The van der Waals surface area contributed by atoms with Crippen LogP contribution in [0.1, 0.15) is 142 Å². The molecular formula is C73H76N2. The minimum absolute atomic E-state index is 0.0371. The normalized spacial score (nSPS) is 26.6. The number of nitrogens with zero attached hydrogens (tertiary/aromatic N) is 2. The summed E-state index contributed by atoms with van der Waals surface area (Å²) in [5.74, 6) is 0. The Morgan fingerprint density at radius 3 is 0.987 bits per heavy atom. The lowest BCUT2D eigenvalue weighted by Gasteiger charge is -2.62. The molecule has 2 fully saturated rings. The average molecular weight is 981 g/mol. The summed E-state index contributed by atoms with van der Waals surface area (Å²) in [6.07, 6.45) is 4.56. The monoisotopic (exact) mass is 981 g/mol. The lowest BCUT2D eigenvalue weighted by atomic mass is 9.45. The Labute approximate surface area is 448 Å². The smallest absolute Gasteiger partial charge is 0.0713 e. The van der Waals surface area contributed by atoms with Crippen LogP contribution >= 0.6 is 0 Å². The second kappa shape index (κ2) is 15.7. The van der Waals surface area contributed by atoms with Crippen LogP contribution in [0, 0.1) is 21.7 Å². The first kappa shape index (κ1) is 48.0. The van der Waals surface area contributed by atoms with Gasteiger partial charge in [0.15, 0.2) is 0 Å². The maximum Gasteiger partial charge on any atom is 0.0713 e. The van der Waals surface area contributed by atoms with Crippen molar-refractivity contribution in [2.75, 3.05) is 9.80 Å². The molecule has 2 heterocycles. The third-order valence-electron chi connectivity index (χ3n) is 21.1. The lowest BCUT2D eigenvalue weighted by Crippen LogP contribution is -2.65. The molecule has 0 bridgehead atoms. The van der Waals surface area contributed by atoms with E-state index in [-0.39, 0.29) is 43.6 Å². The summed E-state index contributed by atoms with van der Waals surface area (Å²) in [7, 11) is 0. The third kappa shape index (κ3) is 6.32. The van der Waals surface area contributed by atoms with E-state index in [1.807, 2.05) is 0 Å². The Bertz CT molecular complexity index is 3330. The van der Waals surface area contributed by atoms with Crippen molar-refractivity contribution in [2.24, 2.45) is 21.7 Å². The maximum atomic E-state index is 2.72. The number of fused-ring (bicyclic) bond motifs is 9. The van der Waals surface area contributed by atoms with Gasteiger partial charge in [-0.15, -0.1) is 0 Å². The highest BCUT2D eigenvalue weighted by Crippen LogP contribution is 2.72. The summed E-state index contributed by atoms with van der Waals surface area (Å²) >= 11 is 0. The van der Waals surface area contributed by atoms with Crippen LogP contribution in [0.15, 0.2) is 194 Å². The quantitative estimate of drug-likeness (QED) is 0.164. The molecule has 0 N–H and O–H groups in total. The average Bonchev–Trinajstić information content (AvgIpc) is 3.99. The third-order valence-corrected chi connectivity index (χ3v) is 21.1. The van der Waals surface area contributed by atoms with Crippen molar-refractivity contribution in [1.29, 1.82) is 0 Å². The van der Waals surface area contributed by atoms with Gasteiger partial charge in [0.25, 0.3) is 0 Å². The Balaban J connectivity index is 1.01. The molecule has 3 aliphatic carbocycles. The van der Waals surface area contributed by atoms with Crippen molar-refractivity contribution in [1.82, 2.24) is 0 Å². The molecule has 8 aromatic carbocycles. The molecule has 0 aromatic heterocycles. The van der Waals surface area contributed by atoms with Crippen molar-refractivity contribution in [3.05, 3.63) is 228 Å². The van der Waals surface area contributed by atoms with Gasteiger partial charge < -0.3 is 9.80 Å². The van der Waals surface area contributed by atoms with Crippen LogP contribution in [0.4, 0.5) is 22.7 Å². The number of benzene rings is 8. The largest absolute Gasteiger partial charge is 0.334 e. The first-order valence-corrected chi connectivity index (χ1v) is 28.0. The van der Waals surface area contributed by atoms with Gasteiger partial charge in [0.2, 0.25) is 0 Å². The molecule has 2 nitrogen and oxygen atoms in total. The molecule has 2 heteroatoms. The molecule has 5 aliphatic rings. The van der Waals surface area contributed by atoms with E-state index in [0.717, 1.165) is 12.8 Å². The van der Waals surface area contributed by atoms with E-state index in [1.54, 1.807) is 0 Å². The summed E-state index contributed by atoms with van der Waals surface area (Å²) in [5.41, 5.74) is 20.6. The molecule has 8 aromatic rings. The minimum Gasteiger partial charge on any atom is -0.334 e. The molecule has 2 aliphatic heterocycles. The fraction of sp³-hybridized carbons (Fsp3) is 0.342. The second-order valence-electron chi connectivity index (χ2n) is 27.4. The van der Waals surface area contributed by atoms with Crippen LogP contribution in [0.25, 0.3) is 33.4 Å². The van der Waals surface area contributed by atoms with Gasteiger partial charge in [-0.05, 0) is 189 Å². The molecule has 2 saturated carbocycles. The highest BCUT2D eigenvalue weighted by Gasteiger charge is 2.69. The van der Waals surface area contributed by atoms with E-state index in [4.69, 9.17) is 0 Å². The summed E-state index contributed by atoms with van der Waals surface area (Å²) in [6.45, 7) is 30.5. The van der Waals surface area contributed by atoms with Crippen molar-refractivity contribution in [3.63, 3.8) is 0 Å². The van der Waals surface area contributed by atoms with Crippen molar-refractivity contribution in [3.8, 4) is 33.4 Å². The van der Waals surface area contributed by atoms with Crippen LogP contribution < -0.4 is 9.80 Å². The predicted molar refractivity (Wildman–Crippen MR) is 317 cm³/mol. The van der Waals surface area contributed by atoms with Gasteiger partial charge in [-0.2, -0.15) is 0 Å². The molecule has 0 saturated heterocycles. The highest BCUT2D eigenvalue weighted by atomic mass is 15.3. The molecular weight excluding hydrogens is 905 g/mol. The van der Waals surface area contributed by atoms with E-state index < -0.39 is 5.41 Å². The first-order chi connectivity index (χ1) is 35.6. The number of para-hydroxylation sites is 2. The van der Waals surface area contributed by atoms with E-state index >= 15 is 0 Å². The topological polar surface area (TPSA) is 6.48 Å². The molecule has 378 valence electrons. The second-order valence-corrected chi connectivity index (χ2v) is 27.4. The number of hydrogen-bond acceptors (Lipinski definition) is 2. The zero-order chi connectivity index (χ0) is 52.3. The lowest BCUT2D eigenvalue weighted by molar-refractivity contribution is -0.0239. The van der Waals surface area contributed by atoms with Crippen LogP contribution in [0.5, 0.6) is 0 Å². The summed E-state index contributed by atoms with van der Waals surface area (Å²) < 4.78 is 0. The summed E-state index contributed by atoms with van der Waals surface area (Å²) in [4.78, 5) is 5.44. The molecule has 4 unspecified atom stereocenters. The number of rotatable bonds is 6. The number of hydrogen-bond donors (Lipinski definition) is 0. The van der Waals surface area contributed by atoms with E-state index in [9.17, 15) is 0 Å². The molecule has 0 spiro atoms. The fourth-order valence-corrected chi connectivity index (χ4v) is 18.5. The SMILES string of the molecule is CC1(C)CC(C)(C)C2(C)c3cc(-c4ccc5c(c4)-c4cc(-c6ccc7c(c6)C6(C)C(C)(C)CC(C)(C)CC6(C)N7c6ccccc6)ccc4C5(c4ccccc4)c4ccccc4)ccc3N(c3ccccc3)C2(C)C1. The summed E-state index contributed by atoms with van der Waals surface area (Å²) in [5, 5.41) is 0. The van der Waals surface area contributed by atoms with Crippen LogP contribution in [0.3, 0.4) is 0 Å². The Kier molecular flexibility index (Phi) is 10.1. The molecule has 0 amide bonds. The first-order valence-electron chi connectivity index (χ1n) is 28.0. The van der Waals surface area contributed by atoms with Gasteiger partial charge in [-0.25, -0.2) is 0 Å². The fourth-order valence-electron chi connectivity index (χ4n) is 18.5. The van der Waals surface area contributed by atoms with Gasteiger partial charge in [0.1, 0.15) is 0 Å². The van der Waals surface area contributed by atoms with E-state index in [1.165, 1.54) is 102 Å². The maximum absolute atomic E-state index is 2.72. The predicted octanol–water partition coefficient (Wildman–Crippen LogP) is 19.4. The molecule has 4 atom stereocenters.